The molecule has 0 aliphatic carbocycles. The quantitative estimate of drug-likeness (QED) is 0.822. The van der Waals surface area contributed by atoms with Crippen molar-refractivity contribution in [2.24, 2.45) is 0 Å². The zero-order valence-corrected chi connectivity index (χ0v) is 11.1. The number of fused-ring (bicyclic) bond motifs is 1. The molecule has 0 radical (unpaired) electrons. The Morgan fingerprint density at radius 1 is 1.33 bits per heavy atom. The van der Waals surface area contributed by atoms with Gasteiger partial charge in [0.25, 0.3) is 5.56 Å². The SMILES string of the molecule is Cc1ccc2c(=O)n(CCS(C)(=O)=O)cnc2c1. The smallest absolute Gasteiger partial charge is 0.261 e. The Bertz CT molecular complexity index is 747. The maximum Gasteiger partial charge on any atom is 0.261 e. The van der Waals surface area contributed by atoms with Crippen molar-refractivity contribution < 1.29 is 8.42 Å². The van der Waals surface area contributed by atoms with Crippen LogP contribution in [0.3, 0.4) is 0 Å². The molecule has 0 bridgehead atoms. The Morgan fingerprint density at radius 3 is 2.72 bits per heavy atom. The van der Waals surface area contributed by atoms with E-state index < -0.39 is 9.84 Å². The van der Waals surface area contributed by atoms with Crippen LogP contribution in [-0.4, -0.2) is 30.0 Å². The second kappa shape index (κ2) is 4.53. The van der Waals surface area contributed by atoms with Crippen LogP contribution in [0.5, 0.6) is 0 Å². The van der Waals surface area contributed by atoms with Crippen LogP contribution in [0, 0.1) is 6.92 Å². The highest BCUT2D eigenvalue weighted by Gasteiger charge is 2.07. The molecule has 96 valence electrons. The summed E-state index contributed by atoms with van der Waals surface area (Å²) in [5, 5.41) is 0.511. The van der Waals surface area contributed by atoms with Crippen LogP contribution in [0.1, 0.15) is 5.56 Å². The third-order valence-corrected chi connectivity index (χ3v) is 3.61. The number of aromatic nitrogens is 2. The molecule has 0 spiro atoms. The first-order valence-electron chi connectivity index (χ1n) is 5.50. The van der Waals surface area contributed by atoms with E-state index in [1.165, 1.54) is 10.9 Å². The third-order valence-electron chi connectivity index (χ3n) is 2.68. The predicted octanol–water partition coefficient (Wildman–Crippen LogP) is 0.750. The Morgan fingerprint density at radius 2 is 2.06 bits per heavy atom. The Balaban J connectivity index is 2.46. The highest BCUT2D eigenvalue weighted by Crippen LogP contribution is 2.08. The lowest BCUT2D eigenvalue weighted by Crippen LogP contribution is -2.24. The number of aryl methyl sites for hydroxylation is 2. The summed E-state index contributed by atoms with van der Waals surface area (Å²) in [7, 11) is -3.09. The summed E-state index contributed by atoms with van der Waals surface area (Å²) in [5.74, 6) is -0.0635. The van der Waals surface area contributed by atoms with E-state index in [0.717, 1.165) is 11.8 Å². The maximum absolute atomic E-state index is 12.1. The summed E-state index contributed by atoms with van der Waals surface area (Å²) < 4.78 is 23.5. The van der Waals surface area contributed by atoms with Crippen LogP contribution in [-0.2, 0) is 16.4 Å². The first kappa shape index (κ1) is 12.8. The summed E-state index contributed by atoms with van der Waals surface area (Å²) in [6.45, 7) is 2.06. The van der Waals surface area contributed by atoms with Gasteiger partial charge in [-0.05, 0) is 24.6 Å². The van der Waals surface area contributed by atoms with Crippen molar-refractivity contribution in [2.45, 2.75) is 13.5 Å². The van der Waals surface area contributed by atoms with Gasteiger partial charge in [-0.25, -0.2) is 13.4 Å². The normalized spacial score (nSPS) is 11.9. The average molecular weight is 266 g/mol. The first-order chi connectivity index (χ1) is 8.37. The van der Waals surface area contributed by atoms with Crippen LogP contribution in [0.25, 0.3) is 10.9 Å². The van der Waals surface area contributed by atoms with Crippen molar-refractivity contribution in [1.29, 1.82) is 0 Å². The molecule has 5 nitrogen and oxygen atoms in total. The van der Waals surface area contributed by atoms with Gasteiger partial charge in [0.1, 0.15) is 9.84 Å². The summed E-state index contributed by atoms with van der Waals surface area (Å²) in [4.78, 5) is 16.3. The topological polar surface area (TPSA) is 69.0 Å². The van der Waals surface area contributed by atoms with E-state index >= 15 is 0 Å². The molecular weight excluding hydrogens is 252 g/mol. The molecule has 0 unspecified atom stereocenters. The molecule has 6 heteroatoms. The van der Waals surface area contributed by atoms with Gasteiger partial charge in [0.2, 0.25) is 0 Å². The molecule has 0 atom stereocenters. The second-order valence-electron chi connectivity index (χ2n) is 4.39. The Labute approximate surface area is 105 Å². The van der Waals surface area contributed by atoms with E-state index in [-0.39, 0.29) is 17.9 Å². The van der Waals surface area contributed by atoms with E-state index in [0.29, 0.717) is 10.9 Å². The summed E-state index contributed by atoms with van der Waals surface area (Å²) in [6.07, 6.45) is 2.55. The number of benzene rings is 1. The van der Waals surface area contributed by atoms with Crippen molar-refractivity contribution in [3.05, 3.63) is 40.4 Å². The van der Waals surface area contributed by atoms with Crippen LogP contribution >= 0.6 is 0 Å². The fourth-order valence-corrected chi connectivity index (χ4v) is 2.22. The molecule has 1 aromatic heterocycles. The van der Waals surface area contributed by atoms with Crippen molar-refractivity contribution in [3.8, 4) is 0 Å². The molecule has 0 amide bonds. The largest absolute Gasteiger partial charge is 0.298 e. The minimum absolute atomic E-state index is 0.0635. The lowest BCUT2D eigenvalue weighted by molar-refractivity contribution is 0.592. The van der Waals surface area contributed by atoms with Crippen molar-refractivity contribution >= 4 is 20.7 Å². The molecule has 0 saturated carbocycles. The van der Waals surface area contributed by atoms with Gasteiger partial charge in [0, 0.05) is 12.8 Å². The molecule has 18 heavy (non-hydrogen) atoms. The summed E-state index contributed by atoms with van der Waals surface area (Å²) in [5.41, 5.74) is 1.46. The molecule has 0 fully saturated rings. The Kier molecular flexibility index (Phi) is 3.21. The van der Waals surface area contributed by atoms with E-state index in [4.69, 9.17) is 0 Å². The zero-order valence-electron chi connectivity index (χ0n) is 10.3. The minimum atomic E-state index is -3.09. The minimum Gasteiger partial charge on any atom is -0.298 e. The van der Waals surface area contributed by atoms with Gasteiger partial charge in [0.05, 0.1) is 23.0 Å². The van der Waals surface area contributed by atoms with Gasteiger partial charge < -0.3 is 0 Å². The predicted molar refractivity (Wildman–Crippen MR) is 70.5 cm³/mol. The molecule has 1 heterocycles. The molecular formula is C12H14N2O3S. The standard InChI is InChI=1S/C12H14N2O3S/c1-9-3-4-10-11(7-9)13-8-14(12(10)15)5-6-18(2,16)17/h3-4,7-8H,5-6H2,1-2H3. The van der Waals surface area contributed by atoms with Gasteiger partial charge in [-0.3, -0.25) is 9.36 Å². The van der Waals surface area contributed by atoms with Gasteiger partial charge in [-0.15, -0.1) is 0 Å². The number of rotatable bonds is 3. The lowest BCUT2D eigenvalue weighted by atomic mass is 10.2. The molecule has 2 aromatic rings. The van der Waals surface area contributed by atoms with Crippen molar-refractivity contribution in [1.82, 2.24) is 9.55 Å². The van der Waals surface area contributed by atoms with E-state index in [1.54, 1.807) is 6.07 Å². The molecule has 0 aliphatic rings. The molecule has 0 saturated heterocycles. The van der Waals surface area contributed by atoms with Gasteiger partial charge in [-0.1, -0.05) is 6.07 Å². The fraction of sp³-hybridized carbons (Fsp3) is 0.333. The van der Waals surface area contributed by atoms with Gasteiger partial charge >= 0.3 is 0 Å². The molecule has 2 rings (SSSR count). The number of nitrogens with zero attached hydrogens (tertiary/aromatic N) is 2. The lowest BCUT2D eigenvalue weighted by Gasteiger charge is -2.06. The second-order valence-corrected chi connectivity index (χ2v) is 6.65. The zero-order chi connectivity index (χ0) is 13.3. The van der Waals surface area contributed by atoms with Crippen molar-refractivity contribution in [3.63, 3.8) is 0 Å². The van der Waals surface area contributed by atoms with Gasteiger partial charge in [-0.2, -0.15) is 0 Å². The summed E-state index contributed by atoms with van der Waals surface area (Å²) >= 11 is 0. The highest BCUT2D eigenvalue weighted by atomic mass is 32.2. The number of sulfone groups is 1. The number of hydrogen-bond acceptors (Lipinski definition) is 4. The third kappa shape index (κ3) is 2.76. The molecule has 1 aromatic carbocycles. The van der Waals surface area contributed by atoms with E-state index in [9.17, 15) is 13.2 Å². The van der Waals surface area contributed by atoms with Crippen molar-refractivity contribution in [2.75, 3.05) is 12.0 Å². The van der Waals surface area contributed by atoms with Gasteiger partial charge in [0.15, 0.2) is 0 Å². The van der Waals surface area contributed by atoms with Crippen LogP contribution in [0.2, 0.25) is 0 Å². The van der Waals surface area contributed by atoms with Crippen LogP contribution in [0.15, 0.2) is 29.3 Å². The molecule has 0 aliphatic heterocycles. The maximum atomic E-state index is 12.1. The highest BCUT2D eigenvalue weighted by molar-refractivity contribution is 7.90. The van der Waals surface area contributed by atoms with Crippen LogP contribution < -0.4 is 5.56 Å². The first-order valence-corrected chi connectivity index (χ1v) is 7.56. The average Bonchev–Trinajstić information content (AvgIpc) is 2.26. The summed E-state index contributed by atoms with van der Waals surface area (Å²) in [6, 6.07) is 5.39. The number of hydrogen-bond donors (Lipinski definition) is 0. The van der Waals surface area contributed by atoms with E-state index in [1.807, 2.05) is 19.1 Å². The van der Waals surface area contributed by atoms with E-state index in [2.05, 4.69) is 4.98 Å². The fourth-order valence-electron chi connectivity index (χ4n) is 1.69. The molecule has 0 N–H and O–H groups in total. The van der Waals surface area contributed by atoms with Crippen LogP contribution in [0.4, 0.5) is 0 Å². The monoisotopic (exact) mass is 266 g/mol. The Hall–Kier alpha value is -1.69.